The lowest BCUT2D eigenvalue weighted by Gasteiger charge is -2.23. The van der Waals surface area contributed by atoms with Crippen LogP contribution < -0.4 is 15.0 Å². The molecule has 0 radical (unpaired) electrons. The summed E-state index contributed by atoms with van der Waals surface area (Å²) in [4.78, 5) is 26.1. The number of anilines is 1. The van der Waals surface area contributed by atoms with Gasteiger partial charge in [0.25, 0.3) is 0 Å². The second-order valence-corrected chi connectivity index (χ2v) is 6.25. The van der Waals surface area contributed by atoms with E-state index in [4.69, 9.17) is 9.47 Å². The average molecular weight is 336 g/mol. The third kappa shape index (κ3) is 4.46. The van der Waals surface area contributed by atoms with Crippen molar-refractivity contribution < 1.29 is 24.2 Å². The normalized spacial score (nSPS) is 19.9. The van der Waals surface area contributed by atoms with Crippen LogP contribution in [0.4, 0.5) is 5.69 Å². The van der Waals surface area contributed by atoms with Gasteiger partial charge in [-0.3, -0.25) is 9.59 Å². The topological polar surface area (TPSA) is 88.1 Å². The first kappa shape index (κ1) is 18.2. The molecule has 0 unspecified atom stereocenters. The SMILES string of the molecule is COC[C@](C)(O)CNC(=O)[C@H]1CC(=O)N(c2cccc(OC)c2)C1. The van der Waals surface area contributed by atoms with Crippen molar-refractivity contribution in [1.82, 2.24) is 5.32 Å². The molecule has 1 heterocycles. The van der Waals surface area contributed by atoms with E-state index in [1.807, 2.05) is 6.07 Å². The van der Waals surface area contributed by atoms with E-state index in [-0.39, 0.29) is 31.4 Å². The maximum atomic E-state index is 12.3. The number of ether oxygens (including phenoxy) is 2. The second kappa shape index (κ2) is 7.63. The van der Waals surface area contributed by atoms with Crippen molar-refractivity contribution in [3.63, 3.8) is 0 Å². The Balaban J connectivity index is 1.97. The van der Waals surface area contributed by atoms with Gasteiger partial charge >= 0.3 is 0 Å². The first-order chi connectivity index (χ1) is 11.4. The van der Waals surface area contributed by atoms with Crippen LogP contribution in [-0.4, -0.2) is 56.4 Å². The highest BCUT2D eigenvalue weighted by atomic mass is 16.5. The summed E-state index contributed by atoms with van der Waals surface area (Å²) >= 11 is 0. The van der Waals surface area contributed by atoms with Gasteiger partial charge in [0, 0.05) is 38.4 Å². The maximum absolute atomic E-state index is 12.3. The molecule has 0 bridgehead atoms. The van der Waals surface area contributed by atoms with E-state index in [1.165, 1.54) is 7.11 Å². The molecule has 1 aliphatic rings. The fourth-order valence-corrected chi connectivity index (χ4v) is 2.69. The molecule has 1 saturated heterocycles. The number of carbonyl (C=O) groups excluding carboxylic acids is 2. The summed E-state index contributed by atoms with van der Waals surface area (Å²) in [6, 6.07) is 7.18. The van der Waals surface area contributed by atoms with E-state index in [2.05, 4.69) is 5.32 Å². The van der Waals surface area contributed by atoms with E-state index < -0.39 is 11.5 Å². The predicted molar refractivity (Wildman–Crippen MR) is 89.0 cm³/mol. The monoisotopic (exact) mass is 336 g/mol. The molecule has 0 aliphatic carbocycles. The number of benzene rings is 1. The minimum Gasteiger partial charge on any atom is -0.497 e. The number of aliphatic hydroxyl groups is 1. The highest BCUT2D eigenvalue weighted by molar-refractivity contribution is 6.00. The highest BCUT2D eigenvalue weighted by Crippen LogP contribution is 2.28. The summed E-state index contributed by atoms with van der Waals surface area (Å²) in [5.74, 6) is -0.136. The molecule has 7 nitrogen and oxygen atoms in total. The molecule has 1 aliphatic heterocycles. The van der Waals surface area contributed by atoms with Crippen molar-refractivity contribution in [1.29, 1.82) is 0 Å². The van der Waals surface area contributed by atoms with Crippen molar-refractivity contribution in [2.45, 2.75) is 18.9 Å². The summed E-state index contributed by atoms with van der Waals surface area (Å²) in [5, 5.41) is 12.7. The number of nitrogens with one attached hydrogen (secondary N) is 1. The first-order valence-corrected chi connectivity index (χ1v) is 7.80. The van der Waals surface area contributed by atoms with Crippen molar-refractivity contribution in [3.8, 4) is 5.75 Å². The fraction of sp³-hybridized carbons (Fsp3) is 0.529. The van der Waals surface area contributed by atoms with Crippen LogP contribution in [0.15, 0.2) is 24.3 Å². The smallest absolute Gasteiger partial charge is 0.227 e. The second-order valence-electron chi connectivity index (χ2n) is 6.25. The molecule has 2 N–H and O–H groups in total. The summed E-state index contributed by atoms with van der Waals surface area (Å²) in [6.45, 7) is 2.08. The van der Waals surface area contributed by atoms with E-state index >= 15 is 0 Å². The molecule has 1 fully saturated rings. The molecular weight excluding hydrogens is 312 g/mol. The highest BCUT2D eigenvalue weighted by Gasteiger charge is 2.35. The van der Waals surface area contributed by atoms with Crippen LogP contribution >= 0.6 is 0 Å². The average Bonchev–Trinajstić information content (AvgIpc) is 2.94. The zero-order valence-electron chi connectivity index (χ0n) is 14.2. The molecule has 24 heavy (non-hydrogen) atoms. The van der Waals surface area contributed by atoms with Gasteiger partial charge in [-0.2, -0.15) is 0 Å². The van der Waals surface area contributed by atoms with Crippen LogP contribution in [0.3, 0.4) is 0 Å². The van der Waals surface area contributed by atoms with Gasteiger partial charge in [-0.1, -0.05) is 6.07 Å². The van der Waals surface area contributed by atoms with Gasteiger partial charge in [0.05, 0.1) is 19.6 Å². The minimum absolute atomic E-state index is 0.0729. The largest absolute Gasteiger partial charge is 0.497 e. The Kier molecular flexibility index (Phi) is 5.80. The molecule has 0 saturated carbocycles. The van der Waals surface area contributed by atoms with Crippen LogP contribution in [0, 0.1) is 5.92 Å². The summed E-state index contributed by atoms with van der Waals surface area (Å²) in [6.07, 6.45) is 0.148. The Morgan fingerprint density at radius 3 is 2.88 bits per heavy atom. The zero-order valence-corrected chi connectivity index (χ0v) is 14.2. The van der Waals surface area contributed by atoms with Gasteiger partial charge in [-0.25, -0.2) is 0 Å². The third-order valence-electron chi connectivity index (χ3n) is 3.96. The van der Waals surface area contributed by atoms with E-state index in [0.29, 0.717) is 18.0 Å². The van der Waals surface area contributed by atoms with Gasteiger partial charge < -0.3 is 24.8 Å². The maximum Gasteiger partial charge on any atom is 0.227 e. The third-order valence-corrected chi connectivity index (χ3v) is 3.96. The van der Waals surface area contributed by atoms with Crippen molar-refractivity contribution in [3.05, 3.63) is 24.3 Å². The zero-order chi connectivity index (χ0) is 17.7. The first-order valence-electron chi connectivity index (χ1n) is 7.80. The van der Waals surface area contributed by atoms with E-state index in [1.54, 1.807) is 37.1 Å². The van der Waals surface area contributed by atoms with E-state index in [0.717, 1.165) is 0 Å². The Bertz CT molecular complexity index is 602. The lowest BCUT2D eigenvalue weighted by atomic mass is 10.1. The summed E-state index contributed by atoms with van der Waals surface area (Å²) in [5.41, 5.74) is -0.430. The summed E-state index contributed by atoms with van der Waals surface area (Å²) in [7, 11) is 3.05. The number of amides is 2. The Labute approximate surface area is 141 Å². The van der Waals surface area contributed by atoms with Crippen LogP contribution in [0.5, 0.6) is 5.75 Å². The quantitative estimate of drug-likeness (QED) is 0.760. The van der Waals surface area contributed by atoms with Gasteiger partial charge in [0.1, 0.15) is 11.4 Å². The summed E-state index contributed by atoms with van der Waals surface area (Å²) < 4.78 is 10.1. The lowest BCUT2D eigenvalue weighted by Crippen LogP contribution is -2.45. The molecule has 132 valence electrons. The van der Waals surface area contributed by atoms with Gasteiger partial charge in [0.2, 0.25) is 11.8 Å². The van der Waals surface area contributed by atoms with Gasteiger partial charge in [-0.15, -0.1) is 0 Å². The number of nitrogens with zero attached hydrogens (tertiary/aromatic N) is 1. The number of methoxy groups -OCH3 is 2. The Hall–Kier alpha value is -2.12. The number of hydrogen-bond donors (Lipinski definition) is 2. The molecule has 1 aromatic carbocycles. The van der Waals surface area contributed by atoms with Crippen molar-refractivity contribution in [2.24, 2.45) is 5.92 Å². The van der Waals surface area contributed by atoms with Crippen molar-refractivity contribution >= 4 is 17.5 Å². The van der Waals surface area contributed by atoms with Crippen LogP contribution in [0.2, 0.25) is 0 Å². The number of carbonyl (C=O) groups is 2. The lowest BCUT2D eigenvalue weighted by molar-refractivity contribution is -0.127. The Morgan fingerprint density at radius 1 is 1.46 bits per heavy atom. The van der Waals surface area contributed by atoms with Crippen molar-refractivity contribution in [2.75, 3.05) is 38.8 Å². The molecule has 1 aromatic rings. The Morgan fingerprint density at radius 2 is 2.21 bits per heavy atom. The number of rotatable bonds is 7. The molecule has 0 spiro atoms. The van der Waals surface area contributed by atoms with Crippen LogP contribution in [-0.2, 0) is 14.3 Å². The van der Waals surface area contributed by atoms with Crippen LogP contribution in [0.1, 0.15) is 13.3 Å². The number of hydrogen-bond acceptors (Lipinski definition) is 5. The molecule has 2 atom stereocenters. The fourth-order valence-electron chi connectivity index (χ4n) is 2.69. The molecule has 0 aromatic heterocycles. The van der Waals surface area contributed by atoms with Crippen LogP contribution in [0.25, 0.3) is 0 Å². The molecule has 2 amide bonds. The van der Waals surface area contributed by atoms with Gasteiger partial charge in [0.15, 0.2) is 0 Å². The van der Waals surface area contributed by atoms with Gasteiger partial charge in [-0.05, 0) is 19.1 Å². The predicted octanol–water partition coefficient (Wildman–Crippen LogP) is 0.562. The molecule has 2 rings (SSSR count). The molecule has 7 heteroatoms. The molecular formula is C17H24N2O5. The standard InChI is InChI=1S/C17H24N2O5/c1-17(22,11-23-2)10-18-16(21)12-7-15(20)19(9-12)13-5-4-6-14(8-13)24-3/h4-6,8,12,22H,7,9-11H2,1-3H3,(H,18,21)/t12-,17+/m0/s1. The minimum atomic E-state index is -1.14. The van der Waals surface area contributed by atoms with E-state index in [9.17, 15) is 14.7 Å².